The van der Waals surface area contributed by atoms with Crippen LogP contribution in [0.15, 0.2) is 23.1 Å². The van der Waals surface area contributed by atoms with Crippen molar-refractivity contribution in [3.8, 4) is 0 Å². The molecule has 0 aliphatic heterocycles. The van der Waals surface area contributed by atoms with Crippen LogP contribution in [0.25, 0.3) is 16.6 Å². The van der Waals surface area contributed by atoms with Crippen molar-refractivity contribution in [2.45, 2.75) is 0 Å². The van der Waals surface area contributed by atoms with Crippen LogP contribution >= 0.6 is 12.2 Å². The van der Waals surface area contributed by atoms with Crippen molar-refractivity contribution in [3.63, 3.8) is 0 Å². The predicted octanol–water partition coefficient (Wildman–Crippen LogP) is 0.628. The average Bonchev–Trinajstić information content (AvgIpc) is 2.62. The fourth-order valence-corrected chi connectivity index (χ4v) is 1.68. The molecule has 0 aliphatic rings. The van der Waals surface area contributed by atoms with Crippen LogP contribution in [-0.4, -0.2) is 24.8 Å². The molecule has 3 aromatic heterocycles. The number of hydrogen-bond acceptors (Lipinski definition) is 4. The van der Waals surface area contributed by atoms with Crippen LogP contribution in [0, 0.1) is 4.77 Å². The molecule has 3 aromatic rings. The summed E-state index contributed by atoms with van der Waals surface area (Å²) in [6.45, 7) is 0. The van der Waals surface area contributed by atoms with E-state index >= 15 is 0 Å². The van der Waals surface area contributed by atoms with Crippen LogP contribution < -0.4 is 5.56 Å². The molecule has 6 nitrogen and oxygen atoms in total. The lowest BCUT2D eigenvalue weighted by atomic mass is 10.3. The molecule has 0 saturated heterocycles. The van der Waals surface area contributed by atoms with E-state index in [1.807, 2.05) is 0 Å². The number of aromatic nitrogens is 5. The van der Waals surface area contributed by atoms with Crippen LogP contribution in [0.2, 0.25) is 0 Å². The minimum Gasteiger partial charge on any atom is -0.266 e. The van der Waals surface area contributed by atoms with E-state index in [9.17, 15) is 4.79 Å². The van der Waals surface area contributed by atoms with Gasteiger partial charge in [0.05, 0.1) is 5.39 Å². The highest BCUT2D eigenvalue weighted by Gasteiger charge is 2.07. The molecule has 2 N–H and O–H groups in total. The number of H-pyrrole nitrogens is 2. The van der Waals surface area contributed by atoms with Crippen molar-refractivity contribution in [3.05, 3.63) is 33.5 Å². The number of rotatable bonds is 0. The molecule has 15 heavy (non-hydrogen) atoms. The van der Waals surface area contributed by atoms with E-state index in [4.69, 9.17) is 12.2 Å². The summed E-state index contributed by atoms with van der Waals surface area (Å²) in [7, 11) is 0. The van der Waals surface area contributed by atoms with E-state index in [1.54, 1.807) is 18.3 Å². The fourth-order valence-electron chi connectivity index (χ4n) is 1.50. The molecule has 0 fully saturated rings. The Labute approximate surface area is 87.6 Å². The lowest BCUT2D eigenvalue weighted by Crippen LogP contribution is -2.13. The van der Waals surface area contributed by atoms with Crippen LogP contribution in [0.1, 0.15) is 0 Å². The van der Waals surface area contributed by atoms with E-state index in [2.05, 4.69) is 20.3 Å². The Kier molecular flexibility index (Phi) is 1.51. The summed E-state index contributed by atoms with van der Waals surface area (Å²) in [4.78, 5) is 15.6. The number of hydrogen-bond donors (Lipinski definition) is 2. The predicted molar refractivity (Wildman–Crippen MR) is 56.3 cm³/mol. The summed E-state index contributed by atoms with van der Waals surface area (Å²) >= 11 is 4.96. The van der Waals surface area contributed by atoms with Crippen LogP contribution in [0.5, 0.6) is 0 Å². The van der Waals surface area contributed by atoms with Crippen molar-refractivity contribution in [1.29, 1.82) is 0 Å². The highest BCUT2D eigenvalue weighted by molar-refractivity contribution is 7.71. The first-order valence-corrected chi connectivity index (χ1v) is 4.62. The second kappa shape index (κ2) is 2.74. The van der Waals surface area contributed by atoms with Gasteiger partial charge in [0.25, 0.3) is 5.56 Å². The number of nitrogens with one attached hydrogen (secondary N) is 2. The first kappa shape index (κ1) is 8.30. The molecule has 0 radical (unpaired) electrons. The lowest BCUT2D eigenvalue weighted by Gasteiger charge is -1.96. The third-order valence-corrected chi connectivity index (χ3v) is 2.42. The average molecular weight is 219 g/mol. The second-order valence-corrected chi connectivity index (χ2v) is 3.41. The van der Waals surface area contributed by atoms with Crippen molar-refractivity contribution in [2.24, 2.45) is 0 Å². The summed E-state index contributed by atoms with van der Waals surface area (Å²) in [5.74, 6) is 0. The topological polar surface area (TPSA) is 78.8 Å². The smallest absolute Gasteiger partial charge is 0.266 e. The van der Waals surface area contributed by atoms with Gasteiger partial charge in [0.1, 0.15) is 5.52 Å². The molecule has 3 heterocycles. The maximum atomic E-state index is 11.6. The third-order valence-electron chi connectivity index (χ3n) is 2.15. The molecule has 0 atom stereocenters. The zero-order valence-corrected chi connectivity index (χ0v) is 8.21. The Morgan fingerprint density at radius 1 is 1.47 bits per heavy atom. The third kappa shape index (κ3) is 1.03. The largest absolute Gasteiger partial charge is 0.289 e. The maximum absolute atomic E-state index is 11.6. The molecule has 3 rings (SSSR count). The molecule has 7 heteroatoms. The summed E-state index contributed by atoms with van der Waals surface area (Å²) < 4.78 is 1.79. The van der Waals surface area contributed by atoms with E-state index in [0.29, 0.717) is 21.3 Å². The van der Waals surface area contributed by atoms with Gasteiger partial charge in [0, 0.05) is 6.20 Å². The van der Waals surface area contributed by atoms with Gasteiger partial charge in [-0.15, -0.1) is 0 Å². The Bertz CT molecular complexity index is 768. The minimum atomic E-state index is -0.282. The van der Waals surface area contributed by atoms with Crippen LogP contribution in [0.3, 0.4) is 0 Å². The van der Waals surface area contributed by atoms with E-state index in [-0.39, 0.29) is 5.56 Å². The van der Waals surface area contributed by atoms with Gasteiger partial charge in [-0.1, -0.05) is 0 Å². The van der Waals surface area contributed by atoms with Crippen molar-refractivity contribution < 1.29 is 0 Å². The van der Waals surface area contributed by atoms with Gasteiger partial charge < -0.3 is 0 Å². The number of aromatic amines is 2. The van der Waals surface area contributed by atoms with Crippen LogP contribution in [0.4, 0.5) is 0 Å². The van der Waals surface area contributed by atoms with Crippen molar-refractivity contribution >= 4 is 28.8 Å². The van der Waals surface area contributed by atoms with E-state index in [0.717, 1.165) is 0 Å². The van der Waals surface area contributed by atoms with Gasteiger partial charge in [0.2, 0.25) is 4.77 Å². The van der Waals surface area contributed by atoms with Gasteiger partial charge in [-0.2, -0.15) is 5.10 Å². The molecule has 0 unspecified atom stereocenters. The lowest BCUT2D eigenvalue weighted by molar-refractivity contribution is 0.890. The van der Waals surface area contributed by atoms with Gasteiger partial charge >= 0.3 is 0 Å². The highest BCUT2D eigenvalue weighted by Crippen LogP contribution is 2.10. The van der Waals surface area contributed by atoms with Gasteiger partial charge in [-0.25, -0.2) is 9.61 Å². The molecular weight excluding hydrogens is 214 g/mol. The second-order valence-electron chi connectivity index (χ2n) is 3.03. The summed E-state index contributed by atoms with van der Waals surface area (Å²) in [6, 6.07) is 3.53. The highest BCUT2D eigenvalue weighted by atomic mass is 32.1. The van der Waals surface area contributed by atoms with Crippen LogP contribution in [-0.2, 0) is 0 Å². The number of nitrogens with zero attached hydrogens (tertiary/aromatic N) is 3. The SMILES string of the molecule is O=c1[nH]n2c(=S)[nH]nc2c2cccnc12. The zero-order valence-electron chi connectivity index (χ0n) is 7.39. The van der Waals surface area contributed by atoms with Crippen molar-refractivity contribution in [2.75, 3.05) is 0 Å². The summed E-state index contributed by atoms with van der Waals surface area (Å²) in [5, 5.41) is 9.89. The molecule has 74 valence electrons. The van der Waals surface area contributed by atoms with Gasteiger partial charge in [-0.05, 0) is 24.4 Å². The molecule has 0 spiro atoms. The normalized spacial score (nSPS) is 11.2. The standard InChI is InChI=1S/C8H5N5OS/c14-7-5-4(2-1-3-9-5)6-10-11-8(15)13(6)12-7/h1-3H,(H,11,15)(H,12,14). The Morgan fingerprint density at radius 3 is 3.20 bits per heavy atom. The van der Waals surface area contributed by atoms with Crippen molar-refractivity contribution in [1.82, 2.24) is 24.8 Å². The molecule has 0 amide bonds. The monoisotopic (exact) mass is 219 g/mol. The Hall–Kier alpha value is -2.02. The van der Waals surface area contributed by atoms with E-state index < -0.39 is 0 Å². The first-order valence-electron chi connectivity index (χ1n) is 4.21. The Morgan fingerprint density at radius 2 is 2.33 bits per heavy atom. The minimum absolute atomic E-state index is 0.282. The molecule has 0 aliphatic carbocycles. The Balaban J connectivity index is 2.78. The molecule has 0 aromatic carbocycles. The van der Waals surface area contributed by atoms with Gasteiger partial charge in [0.15, 0.2) is 5.65 Å². The molecular formula is C8H5N5OS. The summed E-state index contributed by atoms with van der Waals surface area (Å²) in [6.07, 6.45) is 1.56. The fraction of sp³-hybridized carbons (Fsp3) is 0. The first-order chi connectivity index (χ1) is 7.27. The molecule has 0 saturated carbocycles. The maximum Gasteiger partial charge on any atom is 0.289 e. The van der Waals surface area contributed by atoms with E-state index in [1.165, 1.54) is 4.52 Å². The zero-order chi connectivity index (χ0) is 10.4. The number of pyridine rings is 1. The number of fused-ring (bicyclic) bond motifs is 3. The summed E-state index contributed by atoms with van der Waals surface area (Å²) in [5.41, 5.74) is 0.650. The molecule has 0 bridgehead atoms. The van der Waals surface area contributed by atoms with Gasteiger partial charge in [-0.3, -0.25) is 14.9 Å². The quantitative estimate of drug-likeness (QED) is 0.543.